The summed E-state index contributed by atoms with van der Waals surface area (Å²) in [5.41, 5.74) is 6.25. The molecule has 3 N–H and O–H groups in total. The van der Waals surface area contributed by atoms with Crippen molar-refractivity contribution in [2.45, 2.75) is 19.3 Å². The van der Waals surface area contributed by atoms with Gasteiger partial charge in [0.2, 0.25) is 12.7 Å². The molecule has 0 fully saturated rings. The lowest BCUT2D eigenvalue weighted by Crippen LogP contribution is -2.45. The van der Waals surface area contributed by atoms with Gasteiger partial charge in [-0.25, -0.2) is 10.2 Å². The van der Waals surface area contributed by atoms with Crippen LogP contribution in [0.2, 0.25) is 0 Å². The van der Waals surface area contributed by atoms with E-state index in [0.717, 1.165) is 5.56 Å². The van der Waals surface area contributed by atoms with E-state index < -0.39 is 6.03 Å². The molecule has 0 bridgehead atoms. The first-order valence-corrected chi connectivity index (χ1v) is 7.99. The fourth-order valence-electron chi connectivity index (χ4n) is 2.60. The number of nitrogens with one attached hydrogen (secondary N) is 3. The topological polar surface area (TPSA) is 88.7 Å². The summed E-state index contributed by atoms with van der Waals surface area (Å²) in [6, 6.07) is 13.9. The van der Waals surface area contributed by atoms with Crippen molar-refractivity contribution < 1.29 is 19.1 Å². The lowest BCUT2D eigenvalue weighted by Gasteiger charge is -2.16. The maximum atomic E-state index is 12.3. The lowest BCUT2D eigenvalue weighted by molar-refractivity contribution is -0.123. The molecule has 3 rings (SSSR count). The van der Waals surface area contributed by atoms with Gasteiger partial charge < -0.3 is 14.8 Å². The van der Waals surface area contributed by atoms with Gasteiger partial charge in [-0.05, 0) is 24.1 Å². The molecule has 1 aliphatic rings. The van der Waals surface area contributed by atoms with E-state index in [1.807, 2.05) is 37.3 Å². The van der Waals surface area contributed by atoms with Crippen molar-refractivity contribution in [3.63, 3.8) is 0 Å². The van der Waals surface area contributed by atoms with Gasteiger partial charge in [-0.2, -0.15) is 0 Å². The van der Waals surface area contributed by atoms with E-state index in [4.69, 9.17) is 9.47 Å². The highest BCUT2D eigenvalue weighted by Gasteiger charge is 2.19. The summed E-state index contributed by atoms with van der Waals surface area (Å²) in [5, 5.41) is 2.62. The zero-order chi connectivity index (χ0) is 17.6. The number of carbonyl (C=O) groups is 2. The van der Waals surface area contributed by atoms with Crippen LogP contribution in [0.1, 0.15) is 24.8 Å². The molecule has 0 saturated carbocycles. The second kappa shape index (κ2) is 7.57. The lowest BCUT2D eigenvalue weighted by atomic mass is 9.96. The molecule has 1 heterocycles. The molecular weight excluding hydrogens is 322 g/mol. The molecule has 130 valence electrons. The number of amides is 3. The maximum absolute atomic E-state index is 12.3. The highest BCUT2D eigenvalue weighted by molar-refractivity contribution is 5.92. The Hall–Kier alpha value is -3.22. The molecule has 7 heteroatoms. The third-order valence-corrected chi connectivity index (χ3v) is 3.86. The van der Waals surface area contributed by atoms with Crippen molar-refractivity contribution in [2.24, 2.45) is 0 Å². The summed E-state index contributed by atoms with van der Waals surface area (Å²) in [7, 11) is 0. The quantitative estimate of drug-likeness (QED) is 0.746. The number of hydrogen-bond acceptors (Lipinski definition) is 4. The number of fused-ring (bicyclic) bond motifs is 1. The van der Waals surface area contributed by atoms with Gasteiger partial charge >= 0.3 is 6.03 Å². The van der Waals surface area contributed by atoms with E-state index in [1.54, 1.807) is 18.2 Å². The van der Waals surface area contributed by atoms with E-state index in [-0.39, 0.29) is 18.6 Å². The molecule has 25 heavy (non-hydrogen) atoms. The number of anilines is 1. The first-order chi connectivity index (χ1) is 12.2. The molecule has 0 spiro atoms. The summed E-state index contributed by atoms with van der Waals surface area (Å²) in [6.07, 6.45) is 0.626. The first-order valence-electron chi connectivity index (χ1n) is 7.99. The highest BCUT2D eigenvalue weighted by Crippen LogP contribution is 2.34. The normalized spacial score (nSPS) is 13.0. The zero-order valence-corrected chi connectivity index (χ0v) is 13.7. The molecule has 2 aromatic rings. The van der Waals surface area contributed by atoms with Gasteiger partial charge in [-0.1, -0.05) is 37.3 Å². The van der Waals surface area contributed by atoms with Gasteiger partial charge in [0.05, 0.1) is 5.92 Å². The van der Waals surface area contributed by atoms with Gasteiger partial charge in [0.1, 0.15) is 0 Å². The van der Waals surface area contributed by atoms with Crippen LogP contribution in [-0.4, -0.2) is 18.7 Å². The monoisotopic (exact) mass is 341 g/mol. The third kappa shape index (κ3) is 4.00. The number of hydrazine groups is 1. The summed E-state index contributed by atoms with van der Waals surface area (Å²) in [5.74, 6) is 0.603. The molecule has 0 saturated heterocycles. The number of hydrogen-bond donors (Lipinski definition) is 3. The number of carbonyl (C=O) groups excluding carboxylic acids is 2. The molecule has 7 nitrogen and oxygen atoms in total. The molecule has 0 unspecified atom stereocenters. The highest BCUT2D eigenvalue weighted by atomic mass is 16.7. The minimum Gasteiger partial charge on any atom is -0.454 e. The Bertz CT molecular complexity index is 764. The van der Waals surface area contributed by atoms with Gasteiger partial charge in [0.25, 0.3) is 0 Å². The average molecular weight is 341 g/mol. The predicted octanol–water partition coefficient (Wildman–Crippen LogP) is 2.76. The minimum atomic E-state index is -0.546. The second-order valence-corrected chi connectivity index (χ2v) is 5.51. The van der Waals surface area contributed by atoms with Crippen LogP contribution in [-0.2, 0) is 4.79 Å². The Morgan fingerprint density at radius 3 is 2.56 bits per heavy atom. The van der Waals surface area contributed by atoms with Crippen LogP contribution in [0.5, 0.6) is 11.5 Å². The van der Waals surface area contributed by atoms with Crippen LogP contribution in [0.15, 0.2) is 48.5 Å². The summed E-state index contributed by atoms with van der Waals surface area (Å²) in [6.45, 7) is 2.09. The van der Waals surface area contributed by atoms with Crippen molar-refractivity contribution in [3.8, 4) is 11.5 Å². The molecular formula is C18H19N3O4. The van der Waals surface area contributed by atoms with Gasteiger partial charge in [0, 0.05) is 11.8 Å². The minimum absolute atomic E-state index is 0.166. The Morgan fingerprint density at radius 2 is 1.80 bits per heavy atom. The van der Waals surface area contributed by atoms with E-state index in [2.05, 4.69) is 16.2 Å². The van der Waals surface area contributed by atoms with E-state index in [1.165, 1.54) is 0 Å². The molecule has 0 aliphatic carbocycles. The Labute approximate surface area is 145 Å². The Balaban J connectivity index is 1.54. The van der Waals surface area contributed by atoms with Crippen molar-refractivity contribution >= 4 is 17.6 Å². The van der Waals surface area contributed by atoms with Crippen LogP contribution in [0.3, 0.4) is 0 Å². The van der Waals surface area contributed by atoms with Gasteiger partial charge in [0.15, 0.2) is 11.5 Å². The van der Waals surface area contributed by atoms with Crippen LogP contribution in [0, 0.1) is 0 Å². The SMILES string of the molecule is CC[C@H](C(=O)NNC(=O)Nc1ccc2c(c1)OCO2)c1ccccc1. The number of benzene rings is 2. The summed E-state index contributed by atoms with van der Waals surface area (Å²) in [4.78, 5) is 24.3. The fourth-order valence-corrected chi connectivity index (χ4v) is 2.60. The Kier molecular flexibility index (Phi) is 5.03. The molecule has 0 radical (unpaired) electrons. The second-order valence-electron chi connectivity index (χ2n) is 5.51. The zero-order valence-electron chi connectivity index (χ0n) is 13.7. The largest absolute Gasteiger partial charge is 0.454 e. The van der Waals surface area contributed by atoms with Crippen molar-refractivity contribution in [3.05, 3.63) is 54.1 Å². The van der Waals surface area contributed by atoms with E-state index in [0.29, 0.717) is 23.6 Å². The fraction of sp³-hybridized carbons (Fsp3) is 0.222. The van der Waals surface area contributed by atoms with Crippen LogP contribution in [0.25, 0.3) is 0 Å². The van der Waals surface area contributed by atoms with Crippen LogP contribution in [0.4, 0.5) is 10.5 Å². The van der Waals surface area contributed by atoms with Crippen LogP contribution < -0.4 is 25.6 Å². The average Bonchev–Trinajstić information content (AvgIpc) is 3.09. The first kappa shape index (κ1) is 16.6. The van der Waals surface area contributed by atoms with Gasteiger partial charge in [-0.3, -0.25) is 10.2 Å². The van der Waals surface area contributed by atoms with Crippen LogP contribution >= 0.6 is 0 Å². The number of rotatable bonds is 4. The van der Waals surface area contributed by atoms with Crippen molar-refractivity contribution in [1.29, 1.82) is 0 Å². The summed E-state index contributed by atoms with van der Waals surface area (Å²) < 4.78 is 10.5. The smallest absolute Gasteiger partial charge is 0.337 e. The third-order valence-electron chi connectivity index (χ3n) is 3.86. The molecule has 3 amide bonds. The van der Waals surface area contributed by atoms with E-state index >= 15 is 0 Å². The summed E-state index contributed by atoms with van der Waals surface area (Å²) >= 11 is 0. The standard InChI is InChI=1S/C18H19N3O4/c1-2-14(12-6-4-3-5-7-12)17(22)20-21-18(23)19-13-8-9-15-16(10-13)25-11-24-15/h3-10,14H,2,11H2,1H3,(H,20,22)(H2,19,21,23)/t14-/m0/s1. The number of urea groups is 1. The number of ether oxygens (including phenoxy) is 2. The maximum Gasteiger partial charge on any atom is 0.337 e. The van der Waals surface area contributed by atoms with E-state index in [9.17, 15) is 9.59 Å². The molecule has 1 atom stereocenters. The molecule has 0 aromatic heterocycles. The van der Waals surface area contributed by atoms with Crippen molar-refractivity contribution in [2.75, 3.05) is 12.1 Å². The van der Waals surface area contributed by atoms with Crippen molar-refractivity contribution in [1.82, 2.24) is 10.9 Å². The molecule has 1 aliphatic heterocycles. The molecule has 2 aromatic carbocycles. The van der Waals surface area contributed by atoms with Gasteiger partial charge in [-0.15, -0.1) is 0 Å². The predicted molar refractivity (Wildman–Crippen MR) is 92.3 cm³/mol. The Morgan fingerprint density at radius 1 is 1.04 bits per heavy atom.